The Morgan fingerprint density at radius 2 is 2.29 bits per heavy atom. The van der Waals surface area contributed by atoms with Gasteiger partial charge in [0, 0.05) is 18.2 Å². The molecular formula is C7H12N2O5. The van der Waals surface area contributed by atoms with E-state index >= 15 is 0 Å². The van der Waals surface area contributed by atoms with Crippen molar-refractivity contribution in [1.82, 2.24) is 0 Å². The minimum atomic E-state index is -1.19. The van der Waals surface area contributed by atoms with Gasteiger partial charge in [-0.1, -0.05) is 6.92 Å². The van der Waals surface area contributed by atoms with E-state index in [0.29, 0.717) is 0 Å². The first-order valence-corrected chi connectivity index (χ1v) is 3.91. The maximum atomic E-state index is 10.9. The third-order valence-corrected chi connectivity index (χ3v) is 1.13. The minimum absolute atomic E-state index is 0.185. The van der Waals surface area contributed by atoms with Crippen LogP contribution in [0, 0.1) is 10.1 Å². The zero-order valence-corrected chi connectivity index (χ0v) is 7.93. The number of carbonyl (C=O) groups excluding carboxylic acids is 1. The molecule has 7 heteroatoms. The number of nitrogens with two attached hydrogens (primary N) is 1. The van der Waals surface area contributed by atoms with Crippen molar-refractivity contribution in [3.05, 3.63) is 21.9 Å². The number of allylic oxidation sites excluding steroid dienone is 1. The summed E-state index contributed by atoms with van der Waals surface area (Å²) in [6.07, 6.45) is 0.0176. The third kappa shape index (κ3) is 5.81. The van der Waals surface area contributed by atoms with Crippen LogP contribution in [0.1, 0.15) is 20.3 Å². The van der Waals surface area contributed by atoms with Crippen LogP contribution in [0.4, 0.5) is 0 Å². The molecule has 0 aliphatic rings. The number of nitrogens with zero attached hydrogens (tertiary/aromatic N) is 1. The number of rotatable bonds is 5. The lowest BCUT2D eigenvalue weighted by Crippen LogP contribution is -2.22. The van der Waals surface area contributed by atoms with Gasteiger partial charge in [0.25, 0.3) is 5.09 Å². The average molecular weight is 204 g/mol. The molecule has 7 nitrogen and oxygen atoms in total. The molecule has 0 fully saturated rings. The van der Waals surface area contributed by atoms with Gasteiger partial charge in [-0.15, -0.1) is 10.1 Å². The van der Waals surface area contributed by atoms with Gasteiger partial charge in [-0.3, -0.25) is 4.84 Å². The molecule has 80 valence electrons. The Labute approximate surface area is 80.6 Å². The van der Waals surface area contributed by atoms with Gasteiger partial charge in [-0.25, -0.2) is 4.79 Å². The van der Waals surface area contributed by atoms with E-state index in [4.69, 9.17) is 5.73 Å². The Balaban J connectivity index is 4.12. The predicted molar refractivity (Wildman–Crippen MR) is 46.2 cm³/mol. The number of esters is 1. The summed E-state index contributed by atoms with van der Waals surface area (Å²) in [5.41, 5.74) is 5.45. The van der Waals surface area contributed by atoms with Crippen molar-refractivity contribution >= 4 is 5.97 Å². The summed E-state index contributed by atoms with van der Waals surface area (Å²) in [5.74, 6) is -0.765. The fourth-order valence-electron chi connectivity index (χ4n) is 0.625. The Morgan fingerprint density at radius 3 is 2.64 bits per heavy atom. The van der Waals surface area contributed by atoms with Crippen molar-refractivity contribution in [1.29, 1.82) is 0 Å². The second-order valence-electron chi connectivity index (χ2n) is 2.49. The highest BCUT2D eigenvalue weighted by molar-refractivity contribution is 5.82. The quantitative estimate of drug-likeness (QED) is 0.227. The van der Waals surface area contributed by atoms with Crippen molar-refractivity contribution in [2.75, 3.05) is 0 Å². The molecular weight excluding hydrogens is 192 g/mol. The Morgan fingerprint density at radius 1 is 1.71 bits per heavy atom. The summed E-state index contributed by atoms with van der Waals surface area (Å²) in [7, 11) is 0. The average Bonchev–Trinajstić information content (AvgIpc) is 2.00. The van der Waals surface area contributed by atoms with Crippen molar-refractivity contribution in [2.24, 2.45) is 5.73 Å². The van der Waals surface area contributed by atoms with E-state index in [1.165, 1.54) is 6.92 Å². The molecule has 0 aromatic heterocycles. The van der Waals surface area contributed by atoms with Crippen LogP contribution in [-0.2, 0) is 14.4 Å². The van der Waals surface area contributed by atoms with Crippen molar-refractivity contribution in [3.8, 4) is 0 Å². The molecule has 0 aliphatic carbocycles. The lowest BCUT2D eigenvalue weighted by Gasteiger charge is -2.11. The van der Waals surface area contributed by atoms with Gasteiger partial charge in [0.2, 0.25) is 6.29 Å². The summed E-state index contributed by atoms with van der Waals surface area (Å²) in [6.45, 7) is 3.08. The maximum Gasteiger partial charge on any atom is 0.334 e. The lowest BCUT2D eigenvalue weighted by atomic mass is 10.4. The fourth-order valence-corrected chi connectivity index (χ4v) is 0.625. The number of hydrogen-bond donors (Lipinski definition) is 1. The van der Waals surface area contributed by atoms with Gasteiger partial charge in [0.05, 0.1) is 0 Å². The largest absolute Gasteiger partial charge is 0.432 e. The van der Waals surface area contributed by atoms with Crippen LogP contribution in [0.2, 0.25) is 0 Å². The van der Waals surface area contributed by atoms with Crippen LogP contribution in [0.3, 0.4) is 0 Å². The van der Waals surface area contributed by atoms with Crippen molar-refractivity contribution in [3.63, 3.8) is 0 Å². The van der Waals surface area contributed by atoms with Crippen molar-refractivity contribution < 1.29 is 19.5 Å². The lowest BCUT2D eigenvalue weighted by molar-refractivity contribution is -0.779. The van der Waals surface area contributed by atoms with Crippen LogP contribution in [0.5, 0.6) is 0 Å². The molecule has 0 aromatic rings. The van der Waals surface area contributed by atoms with Crippen molar-refractivity contribution in [2.45, 2.75) is 26.6 Å². The highest BCUT2D eigenvalue weighted by Crippen LogP contribution is 2.01. The highest BCUT2D eigenvalue weighted by atomic mass is 17.0. The van der Waals surface area contributed by atoms with E-state index in [1.54, 1.807) is 6.92 Å². The molecule has 0 bridgehead atoms. The molecule has 0 amide bonds. The minimum Gasteiger partial charge on any atom is -0.432 e. The molecule has 14 heavy (non-hydrogen) atoms. The normalized spacial score (nSPS) is 13.1. The Hall–Kier alpha value is -1.79. The summed E-state index contributed by atoms with van der Waals surface area (Å²) >= 11 is 0. The molecule has 0 radical (unpaired) electrons. The summed E-state index contributed by atoms with van der Waals surface area (Å²) in [5, 5.41) is 8.91. The maximum absolute atomic E-state index is 10.9. The van der Waals surface area contributed by atoms with E-state index in [9.17, 15) is 14.9 Å². The topological polar surface area (TPSA) is 105 Å². The molecule has 0 aliphatic heterocycles. The molecule has 0 heterocycles. The molecule has 0 spiro atoms. The smallest absolute Gasteiger partial charge is 0.334 e. The molecule has 1 atom stereocenters. The second-order valence-corrected chi connectivity index (χ2v) is 2.49. The third-order valence-electron chi connectivity index (χ3n) is 1.13. The van der Waals surface area contributed by atoms with Crippen LogP contribution in [-0.4, -0.2) is 17.3 Å². The van der Waals surface area contributed by atoms with E-state index in [1.807, 2.05) is 0 Å². The van der Waals surface area contributed by atoms with Gasteiger partial charge < -0.3 is 10.5 Å². The zero-order valence-electron chi connectivity index (χ0n) is 7.93. The first kappa shape index (κ1) is 12.2. The molecule has 1 unspecified atom stereocenters. The monoisotopic (exact) mass is 204 g/mol. The molecule has 2 N–H and O–H groups in total. The van der Waals surface area contributed by atoms with Crippen LogP contribution >= 0.6 is 0 Å². The van der Waals surface area contributed by atoms with Crippen LogP contribution < -0.4 is 5.73 Å². The number of carbonyl (C=O) groups is 1. The first-order chi connectivity index (χ1) is 6.45. The number of ether oxygens (including phenoxy) is 1. The molecule has 0 aromatic carbocycles. The van der Waals surface area contributed by atoms with Gasteiger partial charge in [0.15, 0.2) is 0 Å². The summed E-state index contributed by atoms with van der Waals surface area (Å²) in [4.78, 5) is 24.9. The van der Waals surface area contributed by atoms with E-state index < -0.39 is 17.3 Å². The van der Waals surface area contributed by atoms with Gasteiger partial charge in [-0.2, -0.15) is 0 Å². The standard InChI is InChI=1S/C7H12N2O5/c1-3-7(14-9(11)12)13-6(10)4-5(2)8/h4,7H,3,8H2,1-2H3. The van der Waals surface area contributed by atoms with Gasteiger partial charge >= 0.3 is 5.97 Å². The molecule has 0 saturated heterocycles. The van der Waals surface area contributed by atoms with E-state index in [-0.39, 0.29) is 12.1 Å². The zero-order chi connectivity index (χ0) is 11.1. The van der Waals surface area contributed by atoms with Crippen LogP contribution in [0.15, 0.2) is 11.8 Å². The van der Waals surface area contributed by atoms with E-state index in [0.717, 1.165) is 6.08 Å². The van der Waals surface area contributed by atoms with Gasteiger partial charge in [0.1, 0.15) is 0 Å². The summed E-state index contributed by atoms with van der Waals surface area (Å²) < 4.78 is 4.56. The van der Waals surface area contributed by atoms with E-state index in [2.05, 4.69) is 9.57 Å². The van der Waals surface area contributed by atoms with Gasteiger partial charge in [-0.05, 0) is 6.92 Å². The van der Waals surface area contributed by atoms with Crippen LogP contribution in [0.25, 0.3) is 0 Å². The highest BCUT2D eigenvalue weighted by Gasteiger charge is 2.14. The predicted octanol–water partition coefficient (Wildman–Crippen LogP) is 0.337. The molecule has 0 saturated carbocycles. The SMILES string of the molecule is CCC(OC(=O)C=C(C)N)O[N+](=O)[O-]. The fraction of sp³-hybridized carbons (Fsp3) is 0.571. The molecule has 0 rings (SSSR count). The first-order valence-electron chi connectivity index (χ1n) is 3.91. The summed E-state index contributed by atoms with van der Waals surface area (Å²) in [6, 6.07) is 0. The Bertz CT molecular complexity index is 246. The Kier molecular flexibility index (Phi) is 5.05. The second kappa shape index (κ2) is 5.79. The number of hydrogen-bond acceptors (Lipinski definition) is 6.